The summed E-state index contributed by atoms with van der Waals surface area (Å²) in [6.45, 7) is -0.404. The average molecular weight is 370 g/mol. The monoisotopic (exact) mass is 369 g/mol. The van der Waals surface area contributed by atoms with Gasteiger partial charge in [0, 0.05) is 17.1 Å². The number of halogens is 3. The summed E-state index contributed by atoms with van der Waals surface area (Å²) in [6.07, 6.45) is -1.40. The summed E-state index contributed by atoms with van der Waals surface area (Å²) in [5, 5.41) is 9.95. The molecule has 21 heavy (non-hydrogen) atoms. The number of benzene rings is 1. The molecule has 1 aromatic heterocycles. The summed E-state index contributed by atoms with van der Waals surface area (Å²) in [5.74, 6) is -0.701. The number of sulfonamides is 1. The predicted octanol–water partition coefficient (Wildman–Crippen LogP) is 3.21. The lowest BCUT2D eigenvalue weighted by molar-refractivity contribution is 0.177. The van der Waals surface area contributed by atoms with E-state index >= 15 is 0 Å². The van der Waals surface area contributed by atoms with E-state index in [4.69, 9.17) is 23.2 Å². The summed E-state index contributed by atoms with van der Waals surface area (Å²) < 4.78 is 40.0. The Morgan fingerprint density at radius 1 is 1.29 bits per heavy atom. The van der Waals surface area contributed by atoms with E-state index in [1.807, 2.05) is 0 Å². The Morgan fingerprint density at radius 3 is 2.57 bits per heavy atom. The van der Waals surface area contributed by atoms with Crippen molar-refractivity contribution in [2.75, 3.05) is 6.54 Å². The van der Waals surface area contributed by atoms with E-state index in [0.717, 1.165) is 17.4 Å². The number of nitrogens with one attached hydrogen (secondary N) is 1. The smallest absolute Gasteiger partial charge is 0.250 e. The summed E-state index contributed by atoms with van der Waals surface area (Å²) in [5.41, 5.74) is -0.147. The molecule has 0 bridgehead atoms. The van der Waals surface area contributed by atoms with Crippen molar-refractivity contribution in [3.8, 4) is 0 Å². The first kappa shape index (κ1) is 16.7. The standard InChI is InChI=1S/C12H10Cl2FNO3S2/c13-7-2-1-3-8(15)12(7)9(17)6-16-21(18,19)11-5-4-10(14)20-11/h1-5,9,16-17H,6H2. The van der Waals surface area contributed by atoms with Crippen LogP contribution in [0, 0.1) is 5.82 Å². The lowest BCUT2D eigenvalue weighted by atomic mass is 10.1. The zero-order chi connectivity index (χ0) is 15.6. The maximum atomic E-state index is 13.6. The highest BCUT2D eigenvalue weighted by Crippen LogP contribution is 2.27. The largest absolute Gasteiger partial charge is 0.387 e. The van der Waals surface area contributed by atoms with Gasteiger partial charge in [-0.25, -0.2) is 17.5 Å². The van der Waals surface area contributed by atoms with Gasteiger partial charge in [-0.05, 0) is 24.3 Å². The maximum Gasteiger partial charge on any atom is 0.250 e. The molecule has 0 aliphatic carbocycles. The second-order valence-corrected chi connectivity index (χ2v) is 8.18. The van der Waals surface area contributed by atoms with Crippen molar-refractivity contribution >= 4 is 44.6 Å². The number of aliphatic hydroxyl groups excluding tert-OH is 1. The molecule has 1 atom stereocenters. The Hall–Kier alpha value is -0.700. The minimum absolute atomic E-state index is 0.0133. The minimum Gasteiger partial charge on any atom is -0.387 e. The van der Waals surface area contributed by atoms with Crippen LogP contribution in [0.15, 0.2) is 34.5 Å². The van der Waals surface area contributed by atoms with E-state index in [1.54, 1.807) is 0 Å². The fourth-order valence-electron chi connectivity index (χ4n) is 1.63. The van der Waals surface area contributed by atoms with Gasteiger partial charge in [0.2, 0.25) is 10.0 Å². The Labute approximate surface area is 135 Å². The molecule has 0 amide bonds. The molecule has 114 valence electrons. The molecule has 0 saturated heterocycles. The third kappa shape index (κ3) is 3.94. The quantitative estimate of drug-likeness (QED) is 0.850. The van der Waals surface area contributed by atoms with E-state index in [2.05, 4.69) is 4.72 Å². The van der Waals surface area contributed by atoms with Gasteiger partial charge in [0.1, 0.15) is 10.0 Å². The minimum atomic E-state index is -3.81. The van der Waals surface area contributed by atoms with Crippen LogP contribution in [0.2, 0.25) is 9.36 Å². The van der Waals surface area contributed by atoms with E-state index in [0.29, 0.717) is 4.34 Å². The van der Waals surface area contributed by atoms with Gasteiger partial charge in [-0.2, -0.15) is 0 Å². The highest BCUT2D eigenvalue weighted by Gasteiger charge is 2.21. The fraction of sp³-hybridized carbons (Fsp3) is 0.167. The van der Waals surface area contributed by atoms with Crippen LogP contribution in [-0.2, 0) is 10.0 Å². The fourth-order valence-corrected chi connectivity index (χ4v) is 4.49. The molecule has 4 nitrogen and oxygen atoms in total. The van der Waals surface area contributed by atoms with Crippen molar-refractivity contribution in [3.05, 3.63) is 51.1 Å². The highest BCUT2D eigenvalue weighted by atomic mass is 35.5. The van der Waals surface area contributed by atoms with E-state index < -0.39 is 28.5 Å². The van der Waals surface area contributed by atoms with Crippen molar-refractivity contribution in [1.29, 1.82) is 0 Å². The third-order valence-corrected chi connectivity index (χ3v) is 6.09. The Bertz CT molecular complexity index is 728. The van der Waals surface area contributed by atoms with Gasteiger partial charge in [-0.1, -0.05) is 29.3 Å². The lowest BCUT2D eigenvalue weighted by Crippen LogP contribution is -2.28. The van der Waals surface area contributed by atoms with Gasteiger partial charge in [0.15, 0.2) is 0 Å². The molecule has 0 aliphatic heterocycles. The normalized spacial score (nSPS) is 13.3. The van der Waals surface area contributed by atoms with Crippen LogP contribution < -0.4 is 4.72 Å². The van der Waals surface area contributed by atoms with Crippen LogP contribution in [0.1, 0.15) is 11.7 Å². The molecule has 0 fully saturated rings. The molecule has 1 aromatic carbocycles. The average Bonchev–Trinajstić information content (AvgIpc) is 2.84. The second-order valence-electron chi connectivity index (χ2n) is 4.06. The molecule has 0 aliphatic rings. The zero-order valence-corrected chi connectivity index (χ0v) is 13.5. The van der Waals surface area contributed by atoms with Crippen LogP contribution in [-0.4, -0.2) is 20.1 Å². The van der Waals surface area contributed by atoms with E-state index in [9.17, 15) is 17.9 Å². The van der Waals surface area contributed by atoms with Gasteiger partial charge < -0.3 is 5.11 Å². The van der Waals surface area contributed by atoms with Crippen molar-refractivity contribution in [3.63, 3.8) is 0 Å². The first-order valence-electron chi connectivity index (χ1n) is 5.68. The lowest BCUT2D eigenvalue weighted by Gasteiger charge is -2.14. The van der Waals surface area contributed by atoms with Crippen molar-refractivity contribution in [1.82, 2.24) is 4.72 Å². The van der Waals surface area contributed by atoms with Gasteiger partial charge in [-0.15, -0.1) is 11.3 Å². The molecule has 2 N–H and O–H groups in total. The van der Waals surface area contributed by atoms with E-state index in [-0.39, 0.29) is 14.8 Å². The van der Waals surface area contributed by atoms with Crippen LogP contribution in [0.5, 0.6) is 0 Å². The Morgan fingerprint density at radius 2 is 2.00 bits per heavy atom. The molecule has 1 unspecified atom stereocenters. The Balaban J connectivity index is 2.13. The third-order valence-electron chi connectivity index (χ3n) is 2.61. The zero-order valence-electron chi connectivity index (χ0n) is 10.4. The maximum absolute atomic E-state index is 13.6. The molecule has 0 saturated carbocycles. The Kier molecular flexibility index (Phi) is 5.24. The summed E-state index contributed by atoms with van der Waals surface area (Å²) in [4.78, 5) is 0. The molecule has 2 aromatic rings. The SMILES string of the molecule is O=S(=O)(NCC(O)c1c(F)cccc1Cl)c1ccc(Cl)s1. The number of hydrogen-bond donors (Lipinski definition) is 2. The molecular weight excluding hydrogens is 360 g/mol. The van der Waals surface area contributed by atoms with Crippen molar-refractivity contribution in [2.24, 2.45) is 0 Å². The van der Waals surface area contributed by atoms with Crippen molar-refractivity contribution in [2.45, 2.75) is 10.3 Å². The second kappa shape index (κ2) is 6.60. The van der Waals surface area contributed by atoms with Gasteiger partial charge in [0.25, 0.3) is 0 Å². The molecule has 9 heteroatoms. The predicted molar refractivity (Wildman–Crippen MR) is 80.9 cm³/mol. The summed E-state index contributed by atoms with van der Waals surface area (Å²) in [7, 11) is -3.81. The van der Waals surface area contributed by atoms with Crippen molar-refractivity contribution < 1.29 is 17.9 Å². The van der Waals surface area contributed by atoms with Gasteiger partial charge in [-0.3, -0.25) is 0 Å². The number of aliphatic hydroxyl groups is 1. The number of hydrogen-bond acceptors (Lipinski definition) is 4. The van der Waals surface area contributed by atoms with E-state index in [1.165, 1.54) is 24.3 Å². The molecule has 0 spiro atoms. The number of rotatable bonds is 5. The first-order valence-corrected chi connectivity index (χ1v) is 8.74. The van der Waals surface area contributed by atoms with Gasteiger partial charge >= 0.3 is 0 Å². The molecular formula is C12H10Cl2FNO3S2. The molecule has 1 heterocycles. The van der Waals surface area contributed by atoms with Crippen LogP contribution in [0.25, 0.3) is 0 Å². The van der Waals surface area contributed by atoms with Gasteiger partial charge in [0.05, 0.1) is 10.4 Å². The topological polar surface area (TPSA) is 66.4 Å². The molecule has 0 radical (unpaired) electrons. The first-order chi connectivity index (χ1) is 9.81. The van der Waals surface area contributed by atoms with Crippen LogP contribution >= 0.6 is 34.5 Å². The highest BCUT2D eigenvalue weighted by molar-refractivity contribution is 7.91. The van der Waals surface area contributed by atoms with Crippen LogP contribution in [0.4, 0.5) is 4.39 Å². The summed E-state index contributed by atoms with van der Waals surface area (Å²) in [6, 6.07) is 6.74. The van der Waals surface area contributed by atoms with Crippen LogP contribution in [0.3, 0.4) is 0 Å². The number of thiophene rings is 1. The molecule has 2 rings (SSSR count). The summed E-state index contributed by atoms with van der Waals surface area (Å²) >= 11 is 12.4.